The zero-order valence-corrected chi connectivity index (χ0v) is 16.1. The summed E-state index contributed by atoms with van der Waals surface area (Å²) in [6.45, 7) is 4.57. The molecule has 0 N–H and O–H groups in total. The third kappa shape index (κ3) is 5.88. The van der Waals surface area contributed by atoms with Gasteiger partial charge in [0.15, 0.2) is 6.61 Å². The average Bonchev–Trinajstić information content (AvgIpc) is 2.73. The van der Waals surface area contributed by atoms with Crippen molar-refractivity contribution < 1.29 is 19.0 Å². The highest BCUT2D eigenvalue weighted by atomic mass is 16.6. The van der Waals surface area contributed by atoms with Gasteiger partial charge in [0.2, 0.25) is 0 Å². The maximum Gasteiger partial charge on any atom is 0.349 e. The average molecular weight is 376 g/mol. The van der Waals surface area contributed by atoms with Crippen LogP contribution in [-0.2, 0) is 11.4 Å². The number of hydrogen-bond acceptors (Lipinski definition) is 4. The molecular weight excluding hydrogens is 352 g/mol. The Hall–Kier alpha value is -3.27. The van der Waals surface area contributed by atoms with Crippen molar-refractivity contribution in [3.8, 4) is 17.2 Å². The second-order valence-corrected chi connectivity index (χ2v) is 6.74. The minimum atomic E-state index is -0.451. The molecule has 0 atom stereocenters. The Morgan fingerprint density at radius 1 is 0.786 bits per heavy atom. The maximum atomic E-state index is 12.0. The van der Waals surface area contributed by atoms with E-state index in [9.17, 15) is 4.79 Å². The summed E-state index contributed by atoms with van der Waals surface area (Å²) in [6, 6.07) is 24.6. The van der Waals surface area contributed by atoms with Crippen LogP contribution in [0.15, 0.2) is 78.9 Å². The van der Waals surface area contributed by atoms with Crippen LogP contribution in [0.25, 0.3) is 0 Å². The summed E-state index contributed by atoms with van der Waals surface area (Å²) in [5, 5.41) is 0. The summed E-state index contributed by atoms with van der Waals surface area (Å²) in [7, 11) is 0. The van der Waals surface area contributed by atoms with E-state index in [-0.39, 0.29) is 6.61 Å². The predicted octanol–water partition coefficient (Wildman–Crippen LogP) is 5.37. The SMILES string of the molecule is CC(C)c1cccc(OCC(=O)Oc2ccc(OCc3ccccc3)cc2)c1. The molecule has 0 aliphatic rings. The molecule has 0 aliphatic carbocycles. The van der Waals surface area contributed by atoms with Crippen LogP contribution in [0.3, 0.4) is 0 Å². The quantitative estimate of drug-likeness (QED) is 0.391. The van der Waals surface area contributed by atoms with Crippen molar-refractivity contribution in [2.24, 2.45) is 0 Å². The van der Waals surface area contributed by atoms with Crippen molar-refractivity contribution in [1.82, 2.24) is 0 Å². The van der Waals surface area contributed by atoms with Gasteiger partial charge in [-0.2, -0.15) is 0 Å². The number of carbonyl (C=O) groups excluding carboxylic acids is 1. The van der Waals surface area contributed by atoms with Crippen molar-refractivity contribution in [3.63, 3.8) is 0 Å². The lowest BCUT2D eigenvalue weighted by Crippen LogP contribution is -2.17. The fourth-order valence-electron chi connectivity index (χ4n) is 2.61. The largest absolute Gasteiger partial charge is 0.489 e. The molecule has 3 rings (SSSR count). The molecule has 0 unspecified atom stereocenters. The van der Waals surface area contributed by atoms with Crippen LogP contribution in [-0.4, -0.2) is 12.6 Å². The third-order valence-electron chi connectivity index (χ3n) is 4.19. The van der Waals surface area contributed by atoms with Gasteiger partial charge in [0.25, 0.3) is 0 Å². The molecule has 0 radical (unpaired) electrons. The van der Waals surface area contributed by atoms with Gasteiger partial charge in [0.05, 0.1) is 0 Å². The first-order valence-electron chi connectivity index (χ1n) is 9.30. The molecule has 0 fully saturated rings. The van der Waals surface area contributed by atoms with E-state index in [0.29, 0.717) is 29.8 Å². The fraction of sp³-hybridized carbons (Fsp3) is 0.208. The van der Waals surface area contributed by atoms with Crippen LogP contribution in [0, 0.1) is 0 Å². The van der Waals surface area contributed by atoms with Crippen LogP contribution in [0.1, 0.15) is 30.9 Å². The summed E-state index contributed by atoms with van der Waals surface area (Å²) in [5.74, 6) is 1.78. The van der Waals surface area contributed by atoms with Crippen molar-refractivity contribution in [2.45, 2.75) is 26.4 Å². The first-order chi connectivity index (χ1) is 13.6. The van der Waals surface area contributed by atoms with Gasteiger partial charge in [-0.25, -0.2) is 4.79 Å². The van der Waals surface area contributed by atoms with Crippen molar-refractivity contribution in [2.75, 3.05) is 6.61 Å². The molecule has 4 heteroatoms. The number of carbonyl (C=O) groups is 1. The number of esters is 1. The molecule has 0 spiro atoms. The molecular formula is C24H24O4. The highest BCUT2D eigenvalue weighted by Gasteiger charge is 2.08. The van der Waals surface area contributed by atoms with Gasteiger partial charge in [0.1, 0.15) is 23.9 Å². The van der Waals surface area contributed by atoms with Gasteiger partial charge in [-0.1, -0.05) is 56.3 Å². The van der Waals surface area contributed by atoms with Crippen molar-refractivity contribution in [1.29, 1.82) is 0 Å². The second-order valence-electron chi connectivity index (χ2n) is 6.74. The van der Waals surface area contributed by atoms with E-state index >= 15 is 0 Å². The molecule has 144 valence electrons. The summed E-state index contributed by atoms with van der Waals surface area (Å²) in [5.41, 5.74) is 2.26. The van der Waals surface area contributed by atoms with E-state index in [1.165, 1.54) is 0 Å². The highest BCUT2D eigenvalue weighted by molar-refractivity contribution is 5.74. The number of rotatable bonds is 8. The Morgan fingerprint density at radius 2 is 1.50 bits per heavy atom. The molecule has 0 heterocycles. The molecule has 3 aromatic rings. The van der Waals surface area contributed by atoms with E-state index in [0.717, 1.165) is 11.1 Å². The number of ether oxygens (including phenoxy) is 3. The number of hydrogen-bond donors (Lipinski definition) is 0. The molecule has 0 bridgehead atoms. The summed E-state index contributed by atoms with van der Waals surface area (Å²) in [4.78, 5) is 12.0. The van der Waals surface area contributed by atoms with Gasteiger partial charge < -0.3 is 14.2 Å². The molecule has 0 amide bonds. The summed E-state index contributed by atoms with van der Waals surface area (Å²) < 4.78 is 16.6. The maximum absolute atomic E-state index is 12.0. The molecule has 0 saturated carbocycles. The van der Waals surface area contributed by atoms with E-state index < -0.39 is 5.97 Å². The Bertz CT molecular complexity index is 886. The van der Waals surface area contributed by atoms with Crippen LogP contribution < -0.4 is 14.2 Å². The monoisotopic (exact) mass is 376 g/mol. The zero-order chi connectivity index (χ0) is 19.8. The van der Waals surface area contributed by atoms with Crippen molar-refractivity contribution in [3.05, 3.63) is 90.0 Å². The van der Waals surface area contributed by atoms with Crippen LogP contribution in [0.2, 0.25) is 0 Å². The lowest BCUT2D eigenvalue weighted by Gasteiger charge is -2.10. The Balaban J connectivity index is 1.47. The van der Waals surface area contributed by atoms with Gasteiger partial charge in [-0.05, 0) is 53.4 Å². The first-order valence-corrected chi connectivity index (χ1v) is 9.30. The highest BCUT2D eigenvalue weighted by Crippen LogP contribution is 2.21. The molecule has 3 aromatic carbocycles. The molecule has 4 nitrogen and oxygen atoms in total. The van der Waals surface area contributed by atoms with E-state index in [2.05, 4.69) is 13.8 Å². The molecule has 0 aromatic heterocycles. The minimum absolute atomic E-state index is 0.145. The van der Waals surface area contributed by atoms with Crippen LogP contribution in [0.4, 0.5) is 0 Å². The standard InChI is InChI=1S/C24H24O4/c1-18(2)20-9-6-10-23(15-20)27-17-24(25)28-22-13-11-21(12-14-22)26-16-19-7-4-3-5-8-19/h3-15,18H,16-17H2,1-2H3. The normalized spacial score (nSPS) is 10.5. The van der Waals surface area contributed by atoms with Gasteiger partial charge >= 0.3 is 5.97 Å². The molecule has 0 saturated heterocycles. The third-order valence-corrected chi connectivity index (χ3v) is 4.19. The van der Waals surface area contributed by atoms with Crippen LogP contribution in [0.5, 0.6) is 17.2 Å². The topological polar surface area (TPSA) is 44.8 Å². The van der Waals surface area contributed by atoms with E-state index in [1.807, 2.05) is 54.6 Å². The Morgan fingerprint density at radius 3 is 2.21 bits per heavy atom. The van der Waals surface area contributed by atoms with Gasteiger partial charge in [0, 0.05) is 0 Å². The minimum Gasteiger partial charge on any atom is -0.489 e. The molecule has 28 heavy (non-hydrogen) atoms. The van der Waals surface area contributed by atoms with E-state index in [4.69, 9.17) is 14.2 Å². The van der Waals surface area contributed by atoms with Gasteiger partial charge in [-0.3, -0.25) is 0 Å². The first kappa shape index (κ1) is 19.5. The van der Waals surface area contributed by atoms with Crippen molar-refractivity contribution >= 4 is 5.97 Å². The smallest absolute Gasteiger partial charge is 0.349 e. The lowest BCUT2D eigenvalue weighted by atomic mass is 10.0. The lowest BCUT2D eigenvalue weighted by molar-refractivity contribution is -0.136. The summed E-state index contributed by atoms with van der Waals surface area (Å²) in [6.07, 6.45) is 0. The Kier molecular flexibility index (Phi) is 6.68. The predicted molar refractivity (Wildman–Crippen MR) is 109 cm³/mol. The molecule has 0 aliphatic heterocycles. The Labute approximate surface area is 165 Å². The number of benzene rings is 3. The fourth-order valence-corrected chi connectivity index (χ4v) is 2.61. The second kappa shape index (κ2) is 9.60. The summed E-state index contributed by atoms with van der Waals surface area (Å²) >= 11 is 0. The van der Waals surface area contributed by atoms with E-state index in [1.54, 1.807) is 24.3 Å². The zero-order valence-electron chi connectivity index (χ0n) is 16.1. The van der Waals surface area contributed by atoms with Gasteiger partial charge in [-0.15, -0.1) is 0 Å². The van der Waals surface area contributed by atoms with Crippen LogP contribution >= 0.6 is 0 Å².